The number of nitrogens with one attached hydrogen (secondary N) is 1. The Hall–Kier alpha value is -0.850. The summed E-state index contributed by atoms with van der Waals surface area (Å²) in [6.07, 6.45) is 0.611. The molecule has 1 aromatic heterocycles. The molecule has 1 fully saturated rings. The summed E-state index contributed by atoms with van der Waals surface area (Å²) >= 11 is 0. The summed E-state index contributed by atoms with van der Waals surface area (Å²) in [6.45, 7) is 9.27. The minimum Gasteiger partial charge on any atom is -0.465 e. The third kappa shape index (κ3) is 4.33. The molecule has 22 heavy (non-hydrogen) atoms. The zero-order valence-corrected chi connectivity index (χ0v) is 14.7. The molecule has 126 valence electrons. The van der Waals surface area contributed by atoms with Gasteiger partial charge in [-0.05, 0) is 25.8 Å². The zero-order valence-electron chi connectivity index (χ0n) is 13.9. The second-order valence-corrected chi connectivity index (χ2v) is 9.73. The molecule has 1 aliphatic heterocycles. The fourth-order valence-corrected chi connectivity index (χ4v) is 4.18. The number of aliphatic hydroxyl groups is 1. The second kappa shape index (κ2) is 5.98. The molecule has 2 N–H and O–H groups in total. The minimum absolute atomic E-state index is 0.0288. The van der Waals surface area contributed by atoms with Crippen LogP contribution in [0.2, 0.25) is 0 Å². The smallest absolute Gasteiger partial charge is 0.150 e. The van der Waals surface area contributed by atoms with Crippen molar-refractivity contribution in [2.24, 2.45) is 0 Å². The van der Waals surface area contributed by atoms with Crippen molar-refractivity contribution in [3.63, 3.8) is 0 Å². The Morgan fingerprint density at radius 1 is 1.32 bits per heavy atom. The quantitative estimate of drug-likeness (QED) is 0.882. The Kier molecular flexibility index (Phi) is 4.76. The molecule has 0 unspecified atom stereocenters. The average Bonchev–Trinajstić information content (AvgIpc) is 2.76. The van der Waals surface area contributed by atoms with E-state index in [1.54, 1.807) is 0 Å². The first-order chi connectivity index (χ1) is 10.0. The molecule has 0 radical (unpaired) electrons. The van der Waals surface area contributed by atoms with Crippen molar-refractivity contribution < 1.29 is 17.9 Å². The summed E-state index contributed by atoms with van der Waals surface area (Å²) in [5, 5.41) is 13.7. The molecule has 5 nitrogen and oxygen atoms in total. The molecule has 1 aliphatic rings. The lowest BCUT2D eigenvalue weighted by Crippen LogP contribution is -2.46. The molecule has 0 bridgehead atoms. The van der Waals surface area contributed by atoms with Gasteiger partial charge in [0, 0.05) is 24.1 Å². The monoisotopic (exact) mass is 329 g/mol. The normalized spacial score (nSPS) is 21.0. The SMILES string of the molecule is Cc1oc(C(C)(C)C)cc1CNCC1(O)CCS(=O)(=O)CC1. The standard InChI is InChI=1S/C16H27NO4S/c1-12-13(9-14(21-12)15(2,3)4)10-17-11-16(18)5-7-22(19,20)8-6-16/h9,17-18H,5-8,10-11H2,1-4H3. The number of rotatable bonds is 4. The topological polar surface area (TPSA) is 79.5 Å². The van der Waals surface area contributed by atoms with E-state index in [-0.39, 0.29) is 16.9 Å². The fraction of sp³-hybridized carbons (Fsp3) is 0.750. The fourth-order valence-electron chi connectivity index (χ4n) is 2.59. The molecular formula is C16H27NO4S. The number of aryl methyl sites for hydroxylation is 1. The predicted octanol–water partition coefficient (Wildman–Crippen LogP) is 1.91. The Bertz CT molecular complexity index is 611. The lowest BCUT2D eigenvalue weighted by molar-refractivity contribution is 0.0303. The molecule has 0 aromatic carbocycles. The predicted molar refractivity (Wildman–Crippen MR) is 86.7 cm³/mol. The Labute approximate surface area is 133 Å². The van der Waals surface area contributed by atoms with Gasteiger partial charge in [-0.15, -0.1) is 0 Å². The highest BCUT2D eigenvalue weighted by atomic mass is 32.2. The molecular weight excluding hydrogens is 302 g/mol. The van der Waals surface area contributed by atoms with Gasteiger partial charge in [0.25, 0.3) is 0 Å². The van der Waals surface area contributed by atoms with E-state index in [0.717, 1.165) is 17.1 Å². The highest BCUT2D eigenvalue weighted by molar-refractivity contribution is 7.91. The van der Waals surface area contributed by atoms with Crippen LogP contribution in [-0.2, 0) is 21.8 Å². The largest absolute Gasteiger partial charge is 0.465 e. The van der Waals surface area contributed by atoms with Crippen LogP contribution in [0.15, 0.2) is 10.5 Å². The lowest BCUT2D eigenvalue weighted by atomic mass is 9.93. The summed E-state index contributed by atoms with van der Waals surface area (Å²) < 4.78 is 28.7. The van der Waals surface area contributed by atoms with E-state index in [1.807, 2.05) is 6.92 Å². The van der Waals surface area contributed by atoms with Crippen molar-refractivity contribution in [2.75, 3.05) is 18.1 Å². The maximum absolute atomic E-state index is 11.4. The van der Waals surface area contributed by atoms with E-state index in [0.29, 0.717) is 25.9 Å². The summed E-state index contributed by atoms with van der Waals surface area (Å²) in [4.78, 5) is 0. The number of sulfone groups is 1. The molecule has 2 heterocycles. The van der Waals surface area contributed by atoms with Crippen molar-refractivity contribution in [2.45, 2.75) is 58.1 Å². The van der Waals surface area contributed by atoms with Crippen molar-refractivity contribution in [1.29, 1.82) is 0 Å². The van der Waals surface area contributed by atoms with E-state index >= 15 is 0 Å². The summed E-state index contributed by atoms with van der Waals surface area (Å²) in [7, 11) is -2.95. The molecule has 1 aromatic rings. The van der Waals surface area contributed by atoms with Crippen LogP contribution in [-0.4, -0.2) is 37.2 Å². The third-order valence-corrected chi connectivity index (χ3v) is 5.94. The molecule has 6 heteroatoms. The summed E-state index contributed by atoms with van der Waals surface area (Å²) in [6, 6.07) is 2.05. The van der Waals surface area contributed by atoms with Crippen molar-refractivity contribution in [3.05, 3.63) is 23.2 Å². The Morgan fingerprint density at radius 2 is 1.91 bits per heavy atom. The van der Waals surface area contributed by atoms with Crippen molar-refractivity contribution >= 4 is 9.84 Å². The van der Waals surface area contributed by atoms with E-state index in [2.05, 4.69) is 32.2 Å². The molecule has 0 amide bonds. The van der Waals surface area contributed by atoms with Crippen LogP contribution in [0, 0.1) is 6.92 Å². The van der Waals surface area contributed by atoms with Gasteiger partial charge >= 0.3 is 0 Å². The van der Waals surface area contributed by atoms with Gasteiger partial charge < -0.3 is 14.8 Å². The maximum atomic E-state index is 11.4. The first-order valence-electron chi connectivity index (χ1n) is 7.74. The van der Waals surface area contributed by atoms with Gasteiger partial charge in [0.15, 0.2) is 9.84 Å². The lowest BCUT2D eigenvalue weighted by Gasteiger charge is -2.32. The van der Waals surface area contributed by atoms with Crippen LogP contribution < -0.4 is 5.32 Å². The maximum Gasteiger partial charge on any atom is 0.150 e. The minimum atomic E-state index is -2.95. The van der Waals surface area contributed by atoms with E-state index in [4.69, 9.17) is 4.42 Å². The molecule has 2 rings (SSSR count). The highest BCUT2D eigenvalue weighted by Crippen LogP contribution is 2.27. The number of hydrogen-bond donors (Lipinski definition) is 2. The molecule has 0 aliphatic carbocycles. The average molecular weight is 329 g/mol. The van der Waals surface area contributed by atoms with Crippen LogP contribution in [0.1, 0.15) is 50.7 Å². The van der Waals surface area contributed by atoms with Crippen LogP contribution in [0.3, 0.4) is 0 Å². The van der Waals surface area contributed by atoms with Crippen LogP contribution >= 0.6 is 0 Å². The zero-order chi connectivity index (χ0) is 16.6. The van der Waals surface area contributed by atoms with Gasteiger partial charge in [0.2, 0.25) is 0 Å². The van der Waals surface area contributed by atoms with E-state index in [1.165, 1.54) is 0 Å². The van der Waals surface area contributed by atoms with Crippen molar-refractivity contribution in [1.82, 2.24) is 5.32 Å². The van der Waals surface area contributed by atoms with Gasteiger partial charge in [-0.3, -0.25) is 0 Å². The molecule has 0 atom stereocenters. The summed E-state index contributed by atoms with van der Waals surface area (Å²) in [5.41, 5.74) is 0.131. The summed E-state index contributed by atoms with van der Waals surface area (Å²) in [5.74, 6) is 1.98. The molecule has 0 spiro atoms. The van der Waals surface area contributed by atoms with Crippen LogP contribution in [0.25, 0.3) is 0 Å². The Morgan fingerprint density at radius 3 is 2.41 bits per heavy atom. The molecule has 0 saturated carbocycles. The number of furan rings is 1. The Balaban J connectivity index is 1.90. The highest BCUT2D eigenvalue weighted by Gasteiger charge is 2.35. The van der Waals surface area contributed by atoms with Crippen LogP contribution in [0.5, 0.6) is 0 Å². The van der Waals surface area contributed by atoms with Crippen molar-refractivity contribution in [3.8, 4) is 0 Å². The van der Waals surface area contributed by atoms with Gasteiger partial charge in [-0.1, -0.05) is 20.8 Å². The third-order valence-electron chi connectivity index (χ3n) is 4.29. The van der Waals surface area contributed by atoms with Crippen LogP contribution in [0.4, 0.5) is 0 Å². The van der Waals surface area contributed by atoms with Gasteiger partial charge in [0.1, 0.15) is 11.5 Å². The second-order valence-electron chi connectivity index (χ2n) is 7.42. The van der Waals surface area contributed by atoms with E-state index in [9.17, 15) is 13.5 Å². The van der Waals surface area contributed by atoms with Gasteiger partial charge in [-0.25, -0.2) is 8.42 Å². The van der Waals surface area contributed by atoms with Gasteiger partial charge in [-0.2, -0.15) is 0 Å². The first-order valence-corrected chi connectivity index (χ1v) is 9.56. The number of hydrogen-bond acceptors (Lipinski definition) is 5. The molecule has 1 saturated heterocycles. The van der Waals surface area contributed by atoms with Gasteiger partial charge in [0.05, 0.1) is 17.1 Å². The first kappa shape index (κ1) is 17.5. The van der Waals surface area contributed by atoms with E-state index < -0.39 is 15.4 Å².